The molecule has 3 rings (SSSR count). The fraction of sp³-hybridized carbons (Fsp3) is 0.333. The molecular weight excluding hydrogens is 263 g/mol. The van der Waals surface area contributed by atoms with Gasteiger partial charge in [0.25, 0.3) is 0 Å². The number of benzene rings is 2. The van der Waals surface area contributed by atoms with Gasteiger partial charge in [-0.15, -0.1) is 0 Å². The largest absolute Gasteiger partial charge is 0.371 e. The van der Waals surface area contributed by atoms with Crippen LogP contribution in [0.1, 0.15) is 23.6 Å². The van der Waals surface area contributed by atoms with Crippen molar-refractivity contribution in [2.75, 3.05) is 25.0 Å². The third kappa shape index (κ3) is 2.93. The van der Waals surface area contributed by atoms with Crippen LogP contribution < -0.4 is 10.2 Å². The molecule has 3 heteroatoms. The zero-order chi connectivity index (χ0) is 14.7. The van der Waals surface area contributed by atoms with Gasteiger partial charge in [-0.3, -0.25) is 0 Å². The molecule has 2 nitrogen and oxygen atoms in total. The third-order valence-corrected chi connectivity index (χ3v) is 4.30. The minimum Gasteiger partial charge on any atom is -0.371 e. The fourth-order valence-corrected chi connectivity index (χ4v) is 3.14. The molecule has 1 atom stereocenters. The molecule has 0 saturated heterocycles. The van der Waals surface area contributed by atoms with Gasteiger partial charge < -0.3 is 10.2 Å². The molecule has 1 unspecified atom stereocenters. The zero-order valence-corrected chi connectivity index (χ0v) is 12.3. The maximum Gasteiger partial charge on any atom is 0.127 e. The van der Waals surface area contributed by atoms with Crippen molar-refractivity contribution in [3.63, 3.8) is 0 Å². The molecule has 0 saturated carbocycles. The van der Waals surface area contributed by atoms with E-state index in [-0.39, 0.29) is 11.9 Å². The second-order valence-corrected chi connectivity index (χ2v) is 5.52. The summed E-state index contributed by atoms with van der Waals surface area (Å²) in [5, 5.41) is 3.24. The van der Waals surface area contributed by atoms with Crippen LogP contribution in [0.15, 0.2) is 48.5 Å². The summed E-state index contributed by atoms with van der Waals surface area (Å²) >= 11 is 0. The molecule has 2 aromatic carbocycles. The van der Waals surface area contributed by atoms with Crippen molar-refractivity contribution in [2.45, 2.75) is 18.9 Å². The topological polar surface area (TPSA) is 15.3 Å². The zero-order valence-electron chi connectivity index (χ0n) is 12.3. The molecule has 0 bridgehead atoms. The van der Waals surface area contributed by atoms with Gasteiger partial charge in [0.1, 0.15) is 5.82 Å². The third-order valence-electron chi connectivity index (χ3n) is 4.30. The normalized spacial score (nSPS) is 15.0. The number of nitrogens with zero attached hydrogens (tertiary/aromatic N) is 1. The van der Waals surface area contributed by atoms with Crippen LogP contribution in [-0.2, 0) is 6.42 Å². The van der Waals surface area contributed by atoms with Crippen LogP contribution in [0.3, 0.4) is 0 Å². The number of para-hydroxylation sites is 1. The molecule has 0 aliphatic carbocycles. The summed E-state index contributed by atoms with van der Waals surface area (Å²) in [4.78, 5) is 2.40. The molecular formula is C18H21FN2. The van der Waals surface area contributed by atoms with E-state index >= 15 is 0 Å². The van der Waals surface area contributed by atoms with Crippen LogP contribution in [0.4, 0.5) is 10.1 Å². The van der Waals surface area contributed by atoms with E-state index in [0.29, 0.717) is 0 Å². The maximum atomic E-state index is 13.9. The molecule has 1 heterocycles. The van der Waals surface area contributed by atoms with Crippen molar-refractivity contribution in [1.82, 2.24) is 5.32 Å². The summed E-state index contributed by atoms with van der Waals surface area (Å²) in [7, 11) is 1.90. The first-order valence-corrected chi connectivity index (χ1v) is 7.54. The van der Waals surface area contributed by atoms with E-state index < -0.39 is 0 Å². The van der Waals surface area contributed by atoms with Gasteiger partial charge in [0.15, 0.2) is 0 Å². The highest BCUT2D eigenvalue weighted by Gasteiger charge is 2.20. The van der Waals surface area contributed by atoms with E-state index in [1.807, 2.05) is 19.2 Å². The predicted molar refractivity (Wildman–Crippen MR) is 85.2 cm³/mol. The standard InChI is InChI=1S/C18H21FN2/c1-20-17(15-7-3-4-8-16(15)19)11-13-21-12-10-14-6-2-5-9-18(14)21/h2-9,17,20H,10-13H2,1H3. The Morgan fingerprint density at radius 1 is 1.14 bits per heavy atom. The molecule has 0 amide bonds. The van der Waals surface area contributed by atoms with Crippen molar-refractivity contribution in [3.05, 3.63) is 65.5 Å². The molecule has 2 aromatic rings. The highest BCUT2D eigenvalue weighted by molar-refractivity contribution is 5.57. The second kappa shape index (κ2) is 6.27. The van der Waals surface area contributed by atoms with Gasteiger partial charge in [0, 0.05) is 30.4 Å². The number of fused-ring (bicyclic) bond motifs is 1. The lowest BCUT2D eigenvalue weighted by molar-refractivity contribution is 0.507. The van der Waals surface area contributed by atoms with E-state index in [0.717, 1.165) is 31.5 Å². The summed E-state index contributed by atoms with van der Waals surface area (Å²) < 4.78 is 13.9. The van der Waals surface area contributed by atoms with Crippen molar-refractivity contribution in [3.8, 4) is 0 Å². The van der Waals surface area contributed by atoms with Gasteiger partial charge >= 0.3 is 0 Å². The Bertz CT molecular complexity index is 612. The van der Waals surface area contributed by atoms with Gasteiger partial charge in [-0.25, -0.2) is 4.39 Å². The lowest BCUT2D eigenvalue weighted by atomic mass is 10.0. The first-order valence-electron chi connectivity index (χ1n) is 7.54. The van der Waals surface area contributed by atoms with Crippen LogP contribution >= 0.6 is 0 Å². The number of anilines is 1. The van der Waals surface area contributed by atoms with Crippen LogP contribution in [0.2, 0.25) is 0 Å². The summed E-state index contributed by atoms with van der Waals surface area (Å²) in [6.07, 6.45) is 2.01. The Kier molecular flexibility index (Phi) is 4.20. The molecule has 1 aliphatic heterocycles. The molecule has 21 heavy (non-hydrogen) atoms. The smallest absolute Gasteiger partial charge is 0.127 e. The van der Waals surface area contributed by atoms with Gasteiger partial charge in [0.2, 0.25) is 0 Å². The number of hydrogen-bond acceptors (Lipinski definition) is 2. The van der Waals surface area contributed by atoms with E-state index in [4.69, 9.17) is 0 Å². The second-order valence-electron chi connectivity index (χ2n) is 5.52. The van der Waals surface area contributed by atoms with Gasteiger partial charge in [0.05, 0.1) is 0 Å². The Hall–Kier alpha value is -1.87. The summed E-state index contributed by atoms with van der Waals surface area (Å²) in [5.41, 5.74) is 3.51. The average molecular weight is 284 g/mol. The average Bonchev–Trinajstić information content (AvgIpc) is 2.93. The lowest BCUT2D eigenvalue weighted by Gasteiger charge is -2.24. The quantitative estimate of drug-likeness (QED) is 0.903. The van der Waals surface area contributed by atoms with E-state index in [1.165, 1.54) is 17.3 Å². The van der Waals surface area contributed by atoms with Gasteiger partial charge in [-0.05, 0) is 37.6 Å². The van der Waals surface area contributed by atoms with Crippen LogP contribution in [0.5, 0.6) is 0 Å². The molecule has 1 aliphatic rings. The Balaban J connectivity index is 1.68. The first kappa shape index (κ1) is 14.1. The fourth-order valence-electron chi connectivity index (χ4n) is 3.14. The van der Waals surface area contributed by atoms with Crippen molar-refractivity contribution >= 4 is 5.69 Å². The number of hydrogen-bond donors (Lipinski definition) is 1. The van der Waals surface area contributed by atoms with Gasteiger partial charge in [-0.2, -0.15) is 0 Å². The molecule has 0 fully saturated rings. The summed E-state index contributed by atoms with van der Waals surface area (Å²) in [5.74, 6) is -0.126. The molecule has 110 valence electrons. The highest BCUT2D eigenvalue weighted by Crippen LogP contribution is 2.29. The SMILES string of the molecule is CNC(CCN1CCc2ccccc21)c1ccccc1F. The highest BCUT2D eigenvalue weighted by atomic mass is 19.1. The predicted octanol–water partition coefficient (Wildman–Crippen LogP) is 3.54. The maximum absolute atomic E-state index is 13.9. The van der Waals surface area contributed by atoms with E-state index in [1.54, 1.807) is 6.07 Å². The van der Waals surface area contributed by atoms with Crippen LogP contribution in [0, 0.1) is 5.82 Å². The number of halogens is 1. The monoisotopic (exact) mass is 284 g/mol. The van der Waals surface area contributed by atoms with Gasteiger partial charge in [-0.1, -0.05) is 36.4 Å². The summed E-state index contributed by atoms with van der Waals surface area (Å²) in [6.45, 7) is 2.00. The molecule has 0 radical (unpaired) electrons. The van der Waals surface area contributed by atoms with E-state index in [2.05, 4.69) is 34.5 Å². The van der Waals surface area contributed by atoms with Crippen LogP contribution in [-0.4, -0.2) is 20.1 Å². The first-order chi connectivity index (χ1) is 10.3. The van der Waals surface area contributed by atoms with E-state index in [9.17, 15) is 4.39 Å². The van der Waals surface area contributed by atoms with Crippen LogP contribution in [0.25, 0.3) is 0 Å². The Labute approximate surface area is 125 Å². The summed E-state index contributed by atoms with van der Waals surface area (Å²) in [6, 6.07) is 15.7. The van der Waals surface area contributed by atoms with Crippen molar-refractivity contribution in [2.24, 2.45) is 0 Å². The minimum absolute atomic E-state index is 0.0546. The molecule has 1 N–H and O–H groups in total. The van der Waals surface area contributed by atoms with Crippen molar-refractivity contribution in [1.29, 1.82) is 0 Å². The Morgan fingerprint density at radius 3 is 2.71 bits per heavy atom. The lowest BCUT2D eigenvalue weighted by Crippen LogP contribution is -2.27. The Morgan fingerprint density at radius 2 is 1.90 bits per heavy atom. The minimum atomic E-state index is -0.126. The number of nitrogens with one attached hydrogen (secondary N) is 1. The van der Waals surface area contributed by atoms with Crippen molar-refractivity contribution < 1.29 is 4.39 Å². The molecule has 0 spiro atoms. The number of rotatable bonds is 5. The molecule has 0 aromatic heterocycles.